The predicted molar refractivity (Wildman–Crippen MR) is 127 cm³/mol. The van der Waals surface area contributed by atoms with Crippen molar-refractivity contribution >= 4 is 11.6 Å². The number of benzene rings is 1. The van der Waals surface area contributed by atoms with Gasteiger partial charge in [0.05, 0.1) is 5.69 Å². The SMILES string of the molecule is Cc1cc2c(cc1C1(c3ccc(C4C(=O)CCCC4=O)cn3)CC1)C(C)(C)C=CC2(C)C. The van der Waals surface area contributed by atoms with E-state index in [-0.39, 0.29) is 27.8 Å². The lowest BCUT2D eigenvalue weighted by Gasteiger charge is -2.38. The highest BCUT2D eigenvalue weighted by molar-refractivity contribution is 6.09. The zero-order chi connectivity index (χ0) is 22.9. The molecule has 3 aliphatic rings. The molecule has 0 aliphatic heterocycles. The van der Waals surface area contributed by atoms with Crippen molar-refractivity contribution in [2.24, 2.45) is 0 Å². The molecule has 0 bridgehead atoms. The molecule has 0 spiro atoms. The maximum Gasteiger partial charge on any atom is 0.147 e. The van der Waals surface area contributed by atoms with Crippen molar-refractivity contribution in [3.05, 3.63) is 76.1 Å². The van der Waals surface area contributed by atoms with Crippen LogP contribution in [0.15, 0.2) is 42.6 Å². The molecule has 3 aliphatic carbocycles. The lowest BCUT2D eigenvalue weighted by atomic mass is 9.66. The number of aryl methyl sites for hydroxylation is 1. The van der Waals surface area contributed by atoms with E-state index in [4.69, 9.17) is 4.98 Å². The highest BCUT2D eigenvalue weighted by atomic mass is 16.2. The summed E-state index contributed by atoms with van der Waals surface area (Å²) in [6.07, 6.45) is 10.3. The molecule has 1 aromatic carbocycles. The Morgan fingerprint density at radius 2 is 1.44 bits per heavy atom. The van der Waals surface area contributed by atoms with E-state index >= 15 is 0 Å². The van der Waals surface area contributed by atoms with Gasteiger partial charge in [0.15, 0.2) is 0 Å². The number of hydrogen-bond acceptors (Lipinski definition) is 3. The number of rotatable bonds is 3. The lowest BCUT2D eigenvalue weighted by molar-refractivity contribution is -0.131. The van der Waals surface area contributed by atoms with Gasteiger partial charge in [-0.3, -0.25) is 14.6 Å². The van der Waals surface area contributed by atoms with Gasteiger partial charge < -0.3 is 0 Å². The molecule has 0 unspecified atom stereocenters. The first-order valence-corrected chi connectivity index (χ1v) is 11.9. The van der Waals surface area contributed by atoms with Crippen molar-refractivity contribution in [3.63, 3.8) is 0 Å². The second-order valence-corrected chi connectivity index (χ2v) is 11.3. The molecule has 3 nitrogen and oxygen atoms in total. The van der Waals surface area contributed by atoms with Crippen LogP contribution in [0.3, 0.4) is 0 Å². The van der Waals surface area contributed by atoms with Gasteiger partial charge >= 0.3 is 0 Å². The molecule has 1 aromatic heterocycles. The van der Waals surface area contributed by atoms with Crippen LogP contribution in [0.4, 0.5) is 0 Å². The maximum atomic E-state index is 12.4. The van der Waals surface area contributed by atoms with Crippen LogP contribution in [-0.4, -0.2) is 16.6 Å². The maximum absolute atomic E-state index is 12.4. The average Bonchev–Trinajstić information content (AvgIpc) is 3.53. The smallest absolute Gasteiger partial charge is 0.147 e. The number of Topliss-reactive ketones (excluding diaryl/α,β-unsaturated/α-hetero) is 2. The summed E-state index contributed by atoms with van der Waals surface area (Å²) in [4.78, 5) is 29.6. The molecule has 166 valence electrons. The van der Waals surface area contributed by atoms with Gasteiger partial charge in [-0.05, 0) is 60.1 Å². The first-order valence-electron chi connectivity index (χ1n) is 11.9. The highest BCUT2D eigenvalue weighted by Gasteiger charge is 2.49. The molecule has 0 radical (unpaired) electrons. The van der Waals surface area contributed by atoms with Crippen molar-refractivity contribution in [3.8, 4) is 0 Å². The molecule has 0 amide bonds. The number of ketones is 2. The van der Waals surface area contributed by atoms with Crippen LogP contribution >= 0.6 is 0 Å². The standard InChI is InChI=1S/C29H33NO2/c1-18-15-21-22(28(4,5)12-11-27(21,2)3)16-20(18)29(13-14-29)25-10-9-19(17-30-25)26-23(31)7-6-8-24(26)32/h9-12,15-17,26H,6-8,13-14H2,1-5H3. The summed E-state index contributed by atoms with van der Waals surface area (Å²) in [5.74, 6) is -0.526. The van der Waals surface area contributed by atoms with Crippen molar-refractivity contribution in [1.82, 2.24) is 4.98 Å². The number of carbonyl (C=O) groups is 2. The molecule has 5 rings (SSSR count). The third-order valence-corrected chi connectivity index (χ3v) is 8.04. The quantitative estimate of drug-likeness (QED) is 0.446. The van der Waals surface area contributed by atoms with Crippen molar-refractivity contribution < 1.29 is 9.59 Å². The normalized spacial score (nSPS) is 23.2. The molecular formula is C29H33NO2. The minimum atomic E-state index is -0.610. The van der Waals surface area contributed by atoms with Gasteiger partial charge in [-0.1, -0.05) is 58.0 Å². The van der Waals surface area contributed by atoms with Crippen LogP contribution in [0.1, 0.15) is 99.2 Å². The van der Waals surface area contributed by atoms with Crippen molar-refractivity contribution in [2.45, 2.75) is 88.9 Å². The Hall–Kier alpha value is -2.55. The van der Waals surface area contributed by atoms with E-state index in [0.717, 1.165) is 24.1 Å². The Labute approximate surface area is 191 Å². The number of allylic oxidation sites excluding steroid dienone is 2. The monoisotopic (exact) mass is 427 g/mol. The van der Waals surface area contributed by atoms with Gasteiger partial charge in [-0.15, -0.1) is 0 Å². The molecule has 0 saturated heterocycles. The van der Waals surface area contributed by atoms with Crippen LogP contribution in [0.2, 0.25) is 0 Å². The van der Waals surface area contributed by atoms with Crippen LogP contribution < -0.4 is 0 Å². The van der Waals surface area contributed by atoms with Crippen LogP contribution in [0.5, 0.6) is 0 Å². The molecule has 32 heavy (non-hydrogen) atoms. The summed E-state index contributed by atoms with van der Waals surface area (Å²) in [5.41, 5.74) is 7.32. The van der Waals surface area contributed by atoms with Crippen LogP contribution in [0, 0.1) is 6.92 Å². The fraction of sp³-hybridized carbons (Fsp3) is 0.483. The zero-order valence-corrected chi connectivity index (χ0v) is 19.9. The largest absolute Gasteiger partial charge is 0.299 e. The van der Waals surface area contributed by atoms with Gasteiger partial charge in [0.2, 0.25) is 0 Å². The van der Waals surface area contributed by atoms with Gasteiger partial charge in [0, 0.05) is 35.3 Å². The predicted octanol–water partition coefficient (Wildman–Crippen LogP) is 6.00. The fourth-order valence-corrected chi connectivity index (χ4v) is 5.81. The number of aromatic nitrogens is 1. The Kier molecular flexibility index (Phi) is 4.64. The third kappa shape index (κ3) is 3.20. The summed E-state index contributed by atoms with van der Waals surface area (Å²) >= 11 is 0. The van der Waals surface area contributed by atoms with Gasteiger partial charge in [0.25, 0.3) is 0 Å². The van der Waals surface area contributed by atoms with Crippen LogP contribution in [-0.2, 0) is 25.8 Å². The topological polar surface area (TPSA) is 47.0 Å². The van der Waals surface area contributed by atoms with Gasteiger partial charge in [-0.2, -0.15) is 0 Å². The Morgan fingerprint density at radius 1 is 0.844 bits per heavy atom. The van der Waals surface area contributed by atoms with Gasteiger partial charge in [0.1, 0.15) is 17.5 Å². The molecular weight excluding hydrogens is 394 g/mol. The Bertz CT molecular complexity index is 1130. The number of carbonyl (C=O) groups excluding carboxylic acids is 2. The van der Waals surface area contributed by atoms with E-state index in [9.17, 15) is 9.59 Å². The number of hydrogen-bond donors (Lipinski definition) is 0. The van der Waals surface area contributed by atoms with E-state index in [1.165, 1.54) is 22.3 Å². The first kappa shape index (κ1) is 21.3. The van der Waals surface area contributed by atoms with E-state index in [1.807, 2.05) is 6.07 Å². The minimum Gasteiger partial charge on any atom is -0.299 e. The Balaban J connectivity index is 1.54. The van der Waals surface area contributed by atoms with E-state index in [1.54, 1.807) is 6.20 Å². The molecule has 2 fully saturated rings. The first-order chi connectivity index (χ1) is 15.1. The molecule has 1 heterocycles. The number of nitrogens with zero attached hydrogens (tertiary/aromatic N) is 1. The number of fused-ring (bicyclic) bond motifs is 1. The van der Waals surface area contributed by atoms with Gasteiger partial charge in [-0.25, -0.2) is 0 Å². The Morgan fingerprint density at radius 3 is 1.97 bits per heavy atom. The van der Waals surface area contributed by atoms with Crippen LogP contribution in [0.25, 0.3) is 0 Å². The summed E-state index contributed by atoms with van der Waals surface area (Å²) in [7, 11) is 0. The average molecular weight is 428 g/mol. The highest BCUT2D eigenvalue weighted by Crippen LogP contribution is 2.55. The third-order valence-electron chi connectivity index (χ3n) is 8.04. The zero-order valence-electron chi connectivity index (χ0n) is 19.9. The summed E-state index contributed by atoms with van der Waals surface area (Å²) < 4.78 is 0. The summed E-state index contributed by atoms with van der Waals surface area (Å²) in [5, 5.41) is 0. The summed E-state index contributed by atoms with van der Waals surface area (Å²) in [6, 6.07) is 8.86. The molecule has 0 atom stereocenters. The molecule has 3 heteroatoms. The fourth-order valence-electron chi connectivity index (χ4n) is 5.81. The molecule has 2 aromatic rings. The minimum absolute atomic E-state index is 0.00236. The number of pyridine rings is 1. The summed E-state index contributed by atoms with van der Waals surface area (Å²) in [6.45, 7) is 11.4. The van der Waals surface area contributed by atoms with E-state index in [0.29, 0.717) is 19.3 Å². The lowest BCUT2D eigenvalue weighted by Crippen LogP contribution is -2.30. The van der Waals surface area contributed by atoms with Crippen molar-refractivity contribution in [1.29, 1.82) is 0 Å². The second kappa shape index (κ2) is 6.97. The molecule has 0 N–H and O–H groups in total. The second-order valence-electron chi connectivity index (χ2n) is 11.3. The van der Waals surface area contributed by atoms with Crippen molar-refractivity contribution in [2.75, 3.05) is 0 Å². The van der Waals surface area contributed by atoms with E-state index in [2.05, 4.69) is 65.0 Å². The molecule has 2 saturated carbocycles. The van der Waals surface area contributed by atoms with E-state index < -0.39 is 5.92 Å².